The maximum Gasteiger partial charge on any atom is 0.305 e. The van der Waals surface area contributed by atoms with Gasteiger partial charge >= 0.3 is 5.97 Å². The first-order valence-electron chi connectivity index (χ1n) is 7.83. The molecule has 0 unspecified atom stereocenters. The molecule has 0 saturated carbocycles. The lowest BCUT2D eigenvalue weighted by molar-refractivity contribution is -0.137. The van der Waals surface area contributed by atoms with Gasteiger partial charge in [0.2, 0.25) is 0 Å². The first-order valence-corrected chi connectivity index (χ1v) is 9.05. The van der Waals surface area contributed by atoms with E-state index in [2.05, 4.69) is 0 Å². The van der Waals surface area contributed by atoms with E-state index in [1.807, 2.05) is 54.6 Å². The van der Waals surface area contributed by atoms with Crippen LogP contribution in [0.1, 0.15) is 12.0 Å². The highest BCUT2D eigenvalue weighted by Gasteiger charge is 2.31. The van der Waals surface area contributed by atoms with Crippen LogP contribution in [-0.2, 0) is 9.59 Å². The third kappa shape index (κ3) is 4.50. The minimum Gasteiger partial charge on any atom is -0.481 e. The monoisotopic (exact) mass is 385 g/mol. The molecule has 0 aromatic heterocycles. The number of thiocarbonyl (C=S) groups is 1. The minimum absolute atomic E-state index is 0.0845. The normalized spacial score (nSPS) is 15.5. The average molecular weight is 385 g/mol. The van der Waals surface area contributed by atoms with Crippen molar-refractivity contribution in [1.29, 1.82) is 0 Å². The van der Waals surface area contributed by atoms with Gasteiger partial charge in [0.25, 0.3) is 5.91 Å². The zero-order chi connectivity index (χ0) is 18.5. The maximum absolute atomic E-state index is 12.4. The molecule has 2 aromatic rings. The zero-order valence-electron chi connectivity index (χ0n) is 13.6. The summed E-state index contributed by atoms with van der Waals surface area (Å²) >= 11 is 6.35. The molecule has 132 valence electrons. The van der Waals surface area contributed by atoms with Crippen LogP contribution in [0.4, 0.5) is 0 Å². The second-order valence-electron chi connectivity index (χ2n) is 5.46. The number of nitrogens with zero attached hydrogens (tertiary/aromatic N) is 1. The van der Waals surface area contributed by atoms with Crippen LogP contribution in [0.25, 0.3) is 6.08 Å². The highest BCUT2D eigenvalue weighted by molar-refractivity contribution is 8.26. The first kappa shape index (κ1) is 18.2. The van der Waals surface area contributed by atoms with Gasteiger partial charge in [-0.25, -0.2) is 0 Å². The number of amides is 1. The number of thioether (sulfide) groups is 1. The third-order valence-electron chi connectivity index (χ3n) is 3.58. The molecule has 0 bridgehead atoms. The summed E-state index contributed by atoms with van der Waals surface area (Å²) in [5.74, 6) is 0.227. The van der Waals surface area contributed by atoms with E-state index >= 15 is 0 Å². The number of aliphatic carboxylic acids is 1. The van der Waals surface area contributed by atoms with Crippen LogP contribution in [-0.4, -0.2) is 32.7 Å². The fraction of sp³-hybridized carbons (Fsp3) is 0.105. The Balaban J connectivity index is 1.69. The van der Waals surface area contributed by atoms with Crippen molar-refractivity contribution in [2.45, 2.75) is 6.42 Å². The smallest absolute Gasteiger partial charge is 0.305 e. The zero-order valence-corrected chi connectivity index (χ0v) is 15.3. The Morgan fingerprint density at radius 3 is 2.42 bits per heavy atom. The number of ether oxygens (including phenoxy) is 1. The van der Waals surface area contributed by atoms with Gasteiger partial charge in [-0.05, 0) is 35.9 Å². The fourth-order valence-corrected chi connectivity index (χ4v) is 3.62. The number of benzene rings is 2. The highest BCUT2D eigenvalue weighted by Crippen LogP contribution is 2.33. The number of carboxylic acids is 1. The van der Waals surface area contributed by atoms with Crippen molar-refractivity contribution >= 4 is 46.3 Å². The molecule has 1 aliphatic rings. The topological polar surface area (TPSA) is 66.8 Å². The van der Waals surface area contributed by atoms with Crippen LogP contribution in [0.15, 0.2) is 59.5 Å². The number of hydrogen-bond donors (Lipinski definition) is 1. The molecule has 2 aromatic carbocycles. The van der Waals surface area contributed by atoms with Gasteiger partial charge in [-0.3, -0.25) is 14.5 Å². The number of hydrogen-bond acceptors (Lipinski definition) is 5. The minimum atomic E-state index is -0.961. The fourth-order valence-electron chi connectivity index (χ4n) is 2.31. The SMILES string of the molecule is O=C(O)CCN1C(=O)/C(=C\c2ccc(Oc3ccccc3)cc2)SC1=S. The van der Waals surface area contributed by atoms with Crippen LogP contribution < -0.4 is 4.74 Å². The van der Waals surface area contributed by atoms with Crippen molar-refractivity contribution in [2.75, 3.05) is 6.54 Å². The molecule has 0 spiro atoms. The van der Waals surface area contributed by atoms with Crippen LogP contribution in [0.2, 0.25) is 0 Å². The Kier molecular flexibility index (Phi) is 5.70. The molecule has 1 aliphatic heterocycles. The van der Waals surface area contributed by atoms with E-state index in [4.69, 9.17) is 22.1 Å². The quantitative estimate of drug-likeness (QED) is 0.595. The van der Waals surface area contributed by atoms with E-state index in [0.29, 0.717) is 15.0 Å². The van der Waals surface area contributed by atoms with E-state index in [1.54, 1.807) is 6.08 Å². The average Bonchev–Trinajstić information content (AvgIpc) is 2.89. The van der Waals surface area contributed by atoms with Crippen LogP contribution in [0, 0.1) is 0 Å². The Morgan fingerprint density at radius 2 is 1.77 bits per heavy atom. The van der Waals surface area contributed by atoms with E-state index in [1.165, 1.54) is 16.7 Å². The second-order valence-corrected chi connectivity index (χ2v) is 7.14. The van der Waals surface area contributed by atoms with Crippen molar-refractivity contribution in [1.82, 2.24) is 4.90 Å². The number of para-hydroxylation sites is 1. The lowest BCUT2D eigenvalue weighted by Gasteiger charge is -2.12. The summed E-state index contributed by atoms with van der Waals surface area (Å²) in [4.78, 5) is 24.9. The molecular formula is C19H15NO4S2. The number of carbonyl (C=O) groups excluding carboxylic acids is 1. The molecule has 1 fully saturated rings. The summed E-state index contributed by atoms with van der Waals surface area (Å²) in [6, 6.07) is 16.8. The Morgan fingerprint density at radius 1 is 1.12 bits per heavy atom. The van der Waals surface area contributed by atoms with Crippen LogP contribution >= 0.6 is 24.0 Å². The van der Waals surface area contributed by atoms with E-state index < -0.39 is 5.97 Å². The predicted molar refractivity (Wildman–Crippen MR) is 105 cm³/mol. The third-order valence-corrected chi connectivity index (χ3v) is 4.96. The molecule has 0 radical (unpaired) electrons. The van der Waals surface area contributed by atoms with Crippen LogP contribution in [0.3, 0.4) is 0 Å². The molecule has 5 nitrogen and oxygen atoms in total. The second kappa shape index (κ2) is 8.16. The van der Waals surface area contributed by atoms with Gasteiger partial charge in [-0.15, -0.1) is 0 Å². The lowest BCUT2D eigenvalue weighted by atomic mass is 10.2. The lowest BCUT2D eigenvalue weighted by Crippen LogP contribution is -2.30. The molecule has 1 amide bonds. The summed E-state index contributed by atoms with van der Waals surface area (Å²) in [6.07, 6.45) is 1.61. The van der Waals surface area contributed by atoms with Crippen molar-refractivity contribution in [3.05, 3.63) is 65.1 Å². The molecular weight excluding hydrogens is 370 g/mol. The molecule has 7 heteroatoms. The highest BCUT2D eigenvalue weighted by atomic mass is 32.2. The Labute approximate surface area is 160 Å². The standard InChI is InChI=1S/C19H15NO4S2/c21-17(22)10-11-20-18(23)16(26-19(20)25)12-13-6-8-15(9-7-13)24-14-4-2-1-3-5-14/h1-9,12H,10-11H2,(H,21,22)/b16-12+. The van der Waals surface area contributed by atoms with Crippen molar-refractivity contribution in [3.8, 4) is 11.5 Å². The van der Waals surface area contributed by atoms with Gasteiger partial charge in [-0.1, -0.05) is 54.3 Å². The number of carboxylic acid groups (broad SMARTS) is 1. The van der Waals surface area contributed by atoms with E-state index in [0.717, 1.165) is 11.3 Å². The summed E-state index contributed by atoms with van der Waals surface area (Å²) in [7, 11) is 0. The van der Waals surface area contributed by atoms with Gasteiger partial charge in [0.15, 0.2) is 0 Å². The molecule has 1 heterocycles. The predicted octanol–water partition coefficient (Wildman–Crippen LogP) is 4.15. The van der Waals surface area contributed by atoms with Crippen molar-refractivity contribution < 1.29 is 19.4 Å². The summed E-state index contributed by atoms with van der Waals surface area (Å²) < 4.78 is 6.12. The van der Waals surface area contributed by atoms with Crippen LogP contribution in [0.5, 0.6) is 11.5 Å². The Hall–Kier alpha value is -2.64. The summed E-state index contributed by atoms with van der Waals surface area (Å²) in [5, 5.41) is 8.76. The van der Waals surface area contributed by atoms with Gasteiger partial charge in [0.1, 0.15) is 15.8 Å². The summed E-state index contributed by atoms with van der Waals surface area (Å²) in [6.45, 7) is 0.0845. The van der Waals surface area contributed by atoms with Gasteiger partial charge in [0.05, 0.1) is 11.3 Å². The van der Waals surface area contributed by atoms with Gasteiger partial charge in [0, 0.05) is 6.54 Å². The molecule has 26 heavy (non-hydrogen) atoms. The molecule has 0 aliphatic carbocycles. The summed E-state index contributed by atoms with van der Waals surface area (Å²) in [5.41, 5.74) is 0.837. The van der Waals surface area contributed by atoms with Crippen molar-refractivity contribution in [3.63, 3.8) is 0 Å². The van der Waals surface area contributed by atoms with Gasteiger partial charge in [-0.2, -0.15) is 0 Å². The van der Waals surface area contributed by atoms with E-state index in [-0.39, 0.29) is 18.9 Å². The molecule has 0 atom stereocenters. The van der Waals surface area contributed by atoms with E-state index in [9.17, 15) is 9.59 Å². The number of rotatable bonds is 6. The maximum atomic E-state index is 12.4. The first-order chi connectivity index (χ1) is 12.5. The van der Waals surface area contributed by atoms with Crippen molar-refractivity contribution in [2.24, 2.45) is 0 Å². The molecule has 1 N–H and O–H groups in total. The Bertz CT molecular complexity index is 863. The van der Waals surface area contributed by atoms with Gasteiger partial charge < -0.3 is 9.84 Å². The molecule has 1 saturated heterocycles. The largest absolute Gasteiger partial charge is 0.481 e. The number of carbonyl (C=O) groups is 2. The molecule has 3 rings (SSSR count).